The van der Waals surface area contributed by atoms with E-state index in [2.05, 4.69) is 4.98 Å². The molecule has 1 aliphatic rings. The second-order valence-electron chi connectivity index (χ2n) is 2.80. The Morgan fingerprint density at radius 2 is 2.43 bits per heavy atom. The van der Waals surface area contributed by atoms with Crippen LogP contribution in [0.3, 0.4) is 0 Å². The summed E-state index contributed by atoms with van der Waals surface area (Å²) in [5, 5.41) is 0. The lowest BCUT2D eigenvalue weighted by Gasteiger charge is -2.18. The highest BCUT2D eigenvalue weighted by atomic mass is 16.5. The summed E-state index contributed by atoms with van der Waals surface area (Å²) in [5.74, 6) is 0. The fraction of sp³-hybridized carbons (Fsp3) is 0.250. The van der Waals surface area contributed by atoms with Crippen LogP contribution >= 0.6 is 0 Å². The van der Waals surface area contributed by atoms with Gasteiger partial charge < -0.3 is 10.5 Å². The van der Waals surface area contributed by atoms with Gasteiger partial charge in [-0.05, 0) is 0 Å². The Labute approximate surface area is 80.6 Å². The summed E-state index contributed by atoms with van der Waals surface area (Å²) in [4.78, 5) is 16.2. The molecule has 2 rings (SSSR count). The summed E-state index contributed by atoms with van der Waals surface area (Å²) in [7, 11) is 0. The van der Waals surface area contributed by atoms with E-state index in [1.54, 1.807) is 29.4 Å². The molecule has 2 amide bonds. The normalized spacial score (nSPS) is 15.3. The first-order valence-electron chi connectivity index (χ1n) is 4.17. The summed E-state index contributed by atoms with van der Waals surface area (Å²) in [6.45, 7) is 0.809. The standard InChI is InChI=1S/C8H10N4O2/c9-7(13)11-3-4-12-2-1-10-8(12)14-6-5-11/h1-4H,5-6H2,(H2,9,13). The Hall–Kier alpha value is -1.98. The molecule has 0 aliphatic carbocycles. The molecule has 2 N–H and O–H groups in total. The van der Waals surface area contributed by atoms with Gasteiger partial charge in [-0.3, -0.25) is 9.47 Å². The molecular weight excluding hydrogens is 184 g/mol. The van der Waals surface area contributed by atoms with Gasteiger partial charge >= 0.3 is 12.0 Å². The largest absolute Gasteiger partial charge is 0.463 e. The van der Waals surface area contributed by atoms with Crippen LogP contribution in [0.25, 0.3) is 6.20 Å². The van der Waals surface area contributed by atoms with Gasteiger partial charge in [0, 0.05) is 24.8 Å². The molecule has 0 spiro atoms. The molecule has 0 unspecified atom stereocenters. The lowest BCUT2D eigenvalue weighted by atomic mass is 10.5. The van der Waals surface area contributed by atoms with Gasteiger partial charge in [0.2, 0.25) is 0 Å². The van der Waals surface area contributed by atoms with Crippen LogP contribution in [0.5, 0.6) is 6.01 Å². The number of rotatable bonds is 0. The zero-order valence-electron chi connectivity index (χ0n) is 7.46. The maximum Gasteiger partial charge on any atom is 0.318 e. The molecule has 6 heteroatoms. The van der Waals surface area contributed by atoms with Crippen molar-refractivity contribution in [1.29, 1.82) is 0 Å². The molecule has 0 atom stereocenters. The van der Waals surface area contributed by atoms with E-state index in [0.29, 0.717) is 19.2 Å². The van der Waals surface area contributed by atoms with E-state index in [9.17, 15) is 4.79 Å². The maximum absolute atomic E-state index is 10.9. The molecule has 0 aromatic carbocycles. The molecule has 0 saturated carbocycles. The van der Waals surface area contributed by atoms with Crippen molar-refractivity contribution >= 4 is 12.2 Å². The molecule has 0 bridgehead atoms. The summed E-state index contributed by atoms with van der Waals surface area (Å²) in [6, 6.07) is 0.0267. The first kappa shape index (κ1) is 8.61. The van der Waals surface area contributed by atoms with Crippen molar-refractivity contribution in [2.45, 2.75) is 0 Å². The van der Waals surface area contributed by atoms with E-state index < -0.39 is 6.03 Å². The van der Waals surface area contributed by atoms with Crippen LogP contribution in [0.1, 0.15) is 0 Å². The minimum Gasteiger partial charge on any atom is -0.463 e. The third-order valence-corrected chi connectivity index (χ3v) is 1.89. The molecular formula is C8H10N4O2. The molecule has 74 valence electrons. The number of nitrogens with zero attached hydrogens (tertiary/aromatic N) is 3. The number of hydrogen-bond acceptors (Lipinski definition) is 3. The van der Waals surface area contributed by atoms with E-state index in [-0.39, 0.29) is 0 Å². The lowest BCUT2D eigenvalue weighted by molar-refractivity contribution is 0.206. The molecule has 1 aromatic rings. The maximum atomic E-state index is 10.9. The van der Waals surface area contributed by atoms with Crippen molar-refractivity contribution in [3.63, 3.8) is 0 Å². The van der Waals surface area contributed by atoms with Crippen LogP contribution in [0.4, 0.5) is 4.79 Å². The second kappa shape index (κ2) is 3.41. The molecule has 1 aromatic heterocycles. The van der Waals surface area contributed by atoms with E-state index in [1.807, 2.05) is 0 Å². The highest BCUT2D eigenvalue weighted by molar-refractivity contribution is 5.73. The number of ether oxygens (including phenoxy) is 1. The van der Waals surface area contributed by atoms with Gasteiger partial charge in [-0.1, -0.05) is 0 Å². The molecule has 0 radical (unpaired) electrons. The van der Waals surface area contributed by atoms with Crippen LogP contribution in [-0.4, -0.2) is 33.6 Å². The van der Waals surface area contributed by atoms with Gasteiger partial charge in [0.25, 0.3) is 0 Å². The Bertz CT molecular complexity index is 371. The average molecular weight is 194 g/mol. The number of carbonyl (C=O) groups excluding carboxylic acids is 1. The predicted octanol–water partition coefficient (Wildman–Crippen LogP) is 0.0844. The zero-order valence-corrected chi connectivity index (χ0v) is 7.46. The molecule has 0 fully saturated rings. The molecule has 14 heavy (non-hydrogen) atoms. The summed E-state index contributed by atoms with van der Waals surface area (Å²) >= 11 is 0. The van der Waals surface area contributed by atoms with Gasteiger partial charge in [0.05, 0.1) is 6.54 Å². The van der Waals surface area contributed by atoms with Gasteiger partial charge in [-0.2, -0.15) is 0 Å². The predicted molar refractivity (Wildman–Crippen MR) is 49.3 cm³/mol. The smallest absolute Gasteiger partial charge is 0.318 e. The Morgan fingerprint density at radius 1 is 1.57 bits per heavy atom. The fourth-order valence-corrected chi connectivity index (χ4v) is 1.17. The van der Waals surface area contributed by atoms with E-state index >= 15 is 0 Å². The molecule has 6 nitrogen and oxygen atoms in total. The van der Waals surface area contributed by atoms with E-state index in [0.717, 1.165) is 0 Å². The van der Waals surface area contributed by atoms with Gasteiger partial charge in [-0.15, -0.1) is 0 Å². The number of amides is 2. The van der Waals surface area contributed by atoms with Crippen molar-refractivity contribution in [3.8, 4) is 6.01 Å². The number of urea groups is 1. The monoisotopic (exact) mass is 194 g/mol. The van der Waals surface area contributed by atoms with Crippen molar-refractivity contribution in [2.24, 2.45) is 5.73 Å². The molecule has 0 saturated heterocycles. The highest BCUT2D eigenvalue weighted by Gasteiger charge is 2.10. The van der Waals surface area contributed by atoms with E-state index in [4.69, 9.17) is 10.5 Å². The number of primary amides is 1. The van der Waals surface area contributed by atoms with Crippen molar-refractivity contribution in [1.82, 2.24) is 14.5 Å². The Balaban J connectivity index is 2.25. The average Bonchev–Trinajstić information content (AvgIpc) is 2.51. The van der Waals surface area contributed by atoms with Crippen LogP contribution in [0, 0.1) is 0 Å². The fourth-order valence-electron chi connectivity index (χ4n) is 1.17. The number of nitrogens with two attached hydrogens (primary N) is 1. The summed E-state index contributed by atoms with van der Waals surface area (Å²) in [6.07, 6.45) is 6.64. The quantitative estimate of drug-likeness (QED) is 0.635. The zero-order chi connectivity index (χ0) is 9.97. The van der Waals surface area contributed by atoms with Crippen LogP contribution in [0.15, 0.2) is 18.6 Å². The lowest BCUT2D eigenvalue weighted by Crippen LogP contribution is -2.35. The van der Waals surface area contributed by atoms with Crippen molar-refractivity contribution in [3.05, 3.63) is 18.6 Å². The third kappa shape index (κ3) is 1.54. The van der Waals surface area contributed by atoms with Gasteiger partial charge in [0.1, 0.15) is 6.61 Å². The number of imidazole rings is 1. The van der Waals surface area contributed by atoms with Gasteiger partial charge in [-0.25, -0.2) is 9.78 Å². The number of carbonyl (C=O) groups is 1. The first-order valence-corrected chi connectivity index (χ1v) is 4.17. The minimum atomic E-state index is -0.492. The van der Waals surface area contributed by atoms with Crippen LogP contribution < -0.4 is 10.5 Å². The minimum absolute atomic E-state index is 0.379. The van der Waals surface area contributed by atoms with E-state index in [1.165, 1.54) is 4.90 Å². The van der Waals surface area contributed by atoms with Crippen molar-refractivity contribution in [2.75, 3.05) is 13.2 Å². The third-order valence-electron chi connectivity index (χ3n) is 1.89. The molecule has 2 heterocycles. The van der Waals surface area contributed by atoms with Crippen LogP contribution in [0.2, 0.25) is 0 Å². The first-order chi connectivity index (χ1) is 6.77. The van der Waals surface area contributed by atoms with Crippen molar-refractivity contribution < 1.29 is 9.53 Å². The molecule has 1 aliphatic heterocycles. The SMILES string of the molecule is NC(=O)N1C=Cn2ccnc2OCC1. The number of hydrogen-bond donors (Lipinski definition) is 1. The highest BCUT2D eigenvalue weighted by Crippen LogP contribution is 2.10. The number of aromatic nitrogens is 2. The summed E-state index contributed by atoms with van der Waals surface area (Å²) in [5.41, 5.74) is 5.14. The van der Waals surface area contributed by atoms with Gasteiger partial charge in [0.15, 0.2) is 0 Å². The Kier molecular flexibility index (Phi) is 2.10. The topological polar surface area (TPSA) is 73.4 Å². The summed E-state index contributed by atoms with van der Waals surface area (Å²) < 4.78 is 6.98. The van der Waals surface area contributed by atoms with Crippen LogP contribution in [-0.2, 0) is 0 Å². The second-order valence-corrected chi connectivity index (χ2v) is 2.80. The number of fused-ring (bicyclic) bond motifs is 1. The Morgan fingerprint density at radius 3 is 3.21 bits per heavy atom.